The van der Waals surface area contributed by atoms with E-state index in [2.05, 4.69) is 0 Å². The fourth-order valence-electron chi connectivity index (χ4n) is 2.15. The van der Waals surface area contributed by atoms with Gasteiger partial charge < -0.3 is 14.7 Å². The van der Waals surface area contributed by atoms with Crippen molar-refractivity contribution in [3.63, 3.8) is 0 Å². The molecule has 1 fully saturated rings. The van der Waals surface area contributed by atoms with Gasteiger partial charge in [0.2, 0.25) is 5.91 Å². The molecular weight excluding hydrogens is 266 g/mol. The number of rotatable bonds is 3. The normalized spacial score (nSPS) is 23.1. The lowest BCUT2D eigenvalue weighted by molar-refractivity contribution is -0.158. The molecule has 5 nitrogen and oxygen atoms in total. The van der Waals surface area contributed by atoms with Crippen LogP contribution in [0.3, 0.4) is 0 Å². The summed E-state index contributed by atoms with van der Waals surface area (Å²) in [6.07, 6.45) is 0.876. The first kappa shape index (κ1) is 14.4. The van der Waals surface area contributed by atoms with Crippen molar-refractivity contribution >= 4 is 23.6 Å². The summed E-state index contributed by atoms with van der Waals surface area (Å²) in [4.78, 5) is 26.3. The van der Waals surface area contributed by atoms with E-state index in [1.54, 1.807) is 32.5 Å². The van der Waals surface area contributed by atoms with Crippen molar-refractivity contribution < 1.29 is 19.4 Å². The molecule has 19 heavy (non-hydrogen) atoms. The number of fused-ring (bicyclic) bond motifs is 1. The van der Waals surface area contributed by atoms with Gasteiger partial charge in [0.15, 0.2) is 0 Å². The van der Waals surface area contributed by atoms with Gasteiger partial charge in [0.25, 0.3) is 0 Å². The second-order valence-corrected chi connectivity index (χ2v) is 6.79. The van der Waals surface area contributed by atoms with Gasteiger partial charge in [0.1, 0.15) is 11.3 Å². The Morgan fingerprint density at radius 2 is 2.21 bits per heavy atom. The highest BCUT2D eigenvalue weighted by Crippen LogP contribution is 2.40. The fourth-order valence-corrected chi connectivity index (χ4v) is 3.37. The second kappa shape index (κ2) is 5.17. The van der Waals surface area contributed by atoms with Crippen LogP contribution in [-0.4, -0.2) is 45.9 Å². The van der Waals surface area contributed by atoms with Crippen molar-refractivity contribution in [3.05, 3.63) is 10.6 Å². The Morgan fingerprint density at radius 1 is 1.53 bits per heavy atom. The molecule has 0 aromatic rings. The molecule has 106 valence electrons. The molecule has 1 saturated heterocycles. The predicted octanol–water partition coefficient (Wildman–Crippen LogP) is 1.27. The molecule has 0 saturated carbocycles. The van der Waals surface area contributed by atoms with Crippen LogP contribution in [0.15, 0.2) is 10.6 Å². The van der Waals surface area contributed by atoms with Gasteiger partial charge in [0, 0.05) is 30.1 Å². The van der Waals surface area contributed by atoms with Gasteiger partial charge in [-0.3, -0.25) is 4.79 Å². The maximum atomic E-state index is 12.3. The number of amides is 1. The molecule has 2 heterocycles. The van der Waals surface area contributed by atoms with Gasteiger partial charge in [-0.25, -0.2) is 4.79 Å². The fraction of sp³-hybridized carbons (Fsp3) is 0.692. The molecule has 0 spiro atoms. The van der Waals surface area contributed by atoms with E-state index in [0.29, 0.717) is 18.5 Å². The molecule has 2 aliphatic heterocycles. The zero-order valence-corrected chi connectivity index (χ0v) is 12.2. The summed E-state index contributed by atoms with van der Waals surface area (Å²) in [5, 5.41) is 9.08. The lowest BCUT2D eigenvalue weighted by Crippen LogP contribution is -2.56. The number of aliphatic hydroxyl groups is 1. The number of ether oxygens (including phenoxy) is 1. The van der Waals surface area contributed by atoms with Crippen LogP contribution in [0.25, 0.3) is 0 Å². The number of aliphatic hydroxyl groups excluding tert-OH is 1. The molecule has 1 atom stereocenters. The Balaban J connectivity index is 2.28. The van der Waals surface area contributed by atoms with E-state index in [4.69, 9.17) is 9.84 Å². The summed E-state index contributed by atoms with van der Waals surface area (Å²) in [7, 11) is 0. The Hall–Kier alpha value is -1.01. The Labute approximate surface area is 117 Å². The van der Waals surface area contributed by atoms with E-state index in [1.807, 2.05) is 0 Å². The summed E-state index contributed by atoms with van der Waals surface area (Å²) in [5.41, 5.74) is -0.263. The smallest absolute Gasteiger partial charge is 0.356 e. The van der Waals surface area contributed by atoms with Crippen molar-refractivity contribution in [2.75, 3.05) is 12.4 Å². The van der Waals surface area contributed by atoms with Crippen LogP contribution in [0, 0.1) is 0 Å². The first-order chi connectivity index (χ1) is 8.83. The number of hydrogen-bond acceptors (Lipinski definition) is 5. The minimum absolute atomic E-state index is 0.0402. The molecule has 6 heteroatoms. The molecule has 2 aliphatic rings. The van der Waals surface area contributed by atoms with Gasteiger partial charge >= 0.3 is 5.97 Å². The number of carbonyl (C=O) groups excluding carboxylic acids is 2. The lowest BCUT2D eigenvalue weighted by atomic mass is 10.0. The molecule has 0 aromatic heterocycles. The highest BCUT2D eigenvalue weighted by molar-refractivity contribution is 8.03. The van der Waals surface area contributed by atoms with Crippen LogP contribution < -0.4 is 0 Å². The molecule has 1 amide bonds. The predicted molar refractivity (Wildman–Crippen MR) is 72.3 cm³/mol. The standard InChI is InChI=1S/C13H19NO4S/c1-13(2,3)18-12(17)11-9(4-5-15)19-7-8-6-10(16)14(8)11/h8,15H,4-7H2,1-3H3. The first-order valence-electron chi connectivity index (χ1n) is 6.35. The molecular formula is C13H19NO4S. The third-order valence-corrected chi connectivity index (χ3v) is 4.23. The van der Waals surface area contributed by atoms with Crippen LogP contribution in [0.1, 0.15) is 33.6 Å². The molecule has 0 radical (unpaired) electrons. The summed E-state index contributed by atoms with van der Waals surface area (Å²) < 4.78 is 5.37. The number of thioether (sulfide) groups is 1. The maximum absolute atomic E-state index is 12.3. The van der Waals surface area contributed by atoms with E-state index in [-0.39, 0.29) is 18.6 Å². The van der Waals surface area contributed by atoms with Crippen LogP contribution in [0.5, 0.6) is 0 Å². The summed E-state index contributed by atoms with van der Waals surface area (Å²) in [5.74, 6) is 0.274. The number of carbonyl (C=O) groups is 2. The minimum atomic E-state index is -0.597. The Bertz CT molecular complexity index is 438. The van der Waals surface area contributed by atoms with E-state index in [0.717, 1.165) is 10.7 Å². The molecule has 2 rings (SSSR count). The van der Waals surface area contributed by atoms with Crippen LogP contribution in [-0.2, 0) is 14.3 Å². The summed E-state index contributed by atoms with van der Waals surface area (Å²) in [6.45, 7) is 5.34. The Morgan fingerprint density at radius 3 is 2.74 bits per heavy atom. The average Bonchev–Trinajstić information content (AvgIpc) is 2.27. The number of nitrogens with zero attached hydrogens (tertiary/aromatic N) is 1. The lowest BCUT2D eigenvalue weighted by Gasteiger charge is -2.45. The van der Waals surface area contributed by atoms with Crippen molar-refractivity contribution in [2.24, 2.45) is 0 Å². The molecule has 0 bridgehead atoms. The van der Waals surface area contributed by atoms with Gasteiger partial charge in [-0.2, -0.15) is 0 Å². The summed E-state index contributed by atoms with van der Waals surface area (Å²) >= 11 is 1.54. The number of β-lactam (4-membered cyclic amide) rings is 1. The molecule has 1 unspecified atom stereocenters. The van der Waals surface area contributed by atoms with E-state index >= 15 is 0 Å². The van der Waals surface area contributed by atoms with Crippen molar-refractivity contribution in [3.8, 4) is 0 Å². The van der Waals surface area contributed by atoms with Gasteiger partial charge in [-0.1, -0.05) is 0 Å². The van der Waals surface area contributed by atoms with Crippen molar-refractivity contribution in [1.82, 2.24) is 4.90 Å². The quantitative estimate of drug-likeness (QED) is 0.625. The number of hydrogen-bond donors (Lipinski definition) is 1. The van der Waals surface area contributed by atoms with Crippen molar-refractivity contribution in [1.29, 1.82) is 0 Å². The van der Waals surface area contributed by atoms with Crippen molar-refractivity contribution in [2.45, 2.75) is 45.3 Å². The van der Waals surface area contributed by atoms with E-state index < -0.39 is 11.6 Å². The number of esters is 1. The minimum Gasteiger partial charge on any atom is -0.455 e. The van der Waals surface area contributed by atoms with E-state index in [9.17, 15) is 9.59 Å². The van der Waals surface area contributed by atoms with Crippen LogP contribution >= 0.6 is 11.8 Å². The zero-order chi connectivity index (χ0) is 14.2. The van der Waals surface area contributed by atoms with Crippen LogP contribution in [0.2, 0.25) is 0 Å². The summed E-state index contributed by atoms with van der Waals surface area (Å²) in [6, 6.07) is 0.0995. The van der Waals surface area contributed by atoms with Crippen LogP contribution in [0.4, 0.5) is 0 Å². The highest BCUT2D eigenvalue weighted by Gasteiger charge is 2.45. The average molecular weight is 285 g/mol. The highest BCUT2D eigenvalue weighted by atomic mass is 32.2. The second-order valence-electron chi connectivity index (χ2n) is 5.68. The third-order valence-electron chi connectivity index (χ3n) is 2.93. The maximum Gasteiger partial charge on any atom is 0.356 e. The zero-order valence-electron chi connectivity index (χ0n) is 11.4. The largest absolute Gasteiger partial charge is 0.455 e. The third kappa shape index (κ3) is 2.95. The monoisotopic (exact) mass is 285 g/mol. The Kier molecular flexibility index (Phi) is 3.92. The van der Waals surface area contributed by atoms with Gasteiger partial charge in [0.05, 0.1) is 6.04 Å². The van der Waals surface area contributed by atoms with Gasteiger partial charge in [-0.15, -0.1) is 11.8 Å². The molecule has 1 N–H and O–H groups in total. The first-order valence-corrected chi connectivity index (χ1v) is 7.34. The SMILES string of the molecule is CC(C)(C)OC(=O)C1=C(CCO)SCC2CC(=O)N12. The topological polar surface area (TPSA) is 66.8 Å². The molecule has 0 aliphatic carbocycles. The van der Waals surface area contributed by atoms with Gasteiger partial charge in [-0.05, 0) is 20.8 Å². The molecule has 0 aromatic carbocycles. The van der Waals surface area contributed by atoms with E-state index in [1.165, 1.54) is 4.90 Å².